The van der Waals surface area contributed by atoms with E-state index >= 15 is 0 Å². The van der Waals surface area contributed by atoms with Crippen LogP contribution < -0.4 is 20.1 Å². The number of aromatic amines is 1. The van der Waals surface area contributed by atoms with Gasteiger partial charge in [-0.25, -0.2) is 4.99 Å². The Morgan fingerprint density at radius 3 is 2.74 bits per heavy atom. The van der Waals surface area contributed by atoms with Gasteiger partial charge in [0.1, 0.15) is 6.61 Å². The number of guanidine groups is 1. The van der Waals surface area contributed by atoms with Gasteiger partial charge in [-0.2, -0.15) is 0 Å². The van der Waals surface area contributed by atoms with Crippen LogP contribution in [0.4, 0.5) is 0 Å². The van der Waals surface area contributed by atoms with E-state index < -0.39 is 0 Å². The topological polar surface area (TPSA) is 90.9 Å². The van der Waals surface area contributed by atoms with Crippen LogP contribution in [0.1, 0.15) is 23.7 Å². The van der Waals surface area contributed by atoms with Gasteiger partial charge in [0.15, 0.2) is 17.5 Å². The van der Waals surface area contributed by atoms with Gasteiger partial charge in [0.25, 0.3) is 0 Å². The van der Waals surface area contributed by atoms with Crippen molar-refractivity contribution in [1.29, 1.82) is 0 Å². The number of aliphatic hydroxyl groups excluding tert-OH is 1. The first-order valence-electron chi connectivity index (χ1n) is 10.6. The number of methoxy groups -OCH3 is 1. The monoisotopic (exact) mass is 424 g/mol. The number of aliphatic hydroxyl groups is 1. The van der Waals surface area contributed by atoms with E-state index in [4.69, 9.17) is 19.6 Å². The van der Waals surface area contributed by atoms with Gasteiger partial charge in [0.05, 0.1) is 20.3 Å². The normalized spacial score (nSPS) is 11.5. The zero-order chi connectivity index (χ0) is 22.1. The standard InChI is InChI=1S/C24H32N4O3/c1-4-25-24(26-12-11-19-17(2)28-21-8-6-5-7-20(19)21)27-16-18-9-10-22(31-14-13-29)23(15-18)30-3/h5-10,15,28-29H,4,11-14,16H2,1-3H3,(H2,25,26,27). The lowest BCUT2D eigenvalue weighted by Crippen LogP contribution is -2.38. The Balaban J connectivity index is 1.63. The minimum atomic E-state index is -0.0367. The molecule has 0 atom stereocenters. The summed E-state index contributed by atoms with van der Waals surface area (Å²) >= 11 is 0. The molecule has 0 aliphatic rings. The fourth-order valence-electron chi connectivity index (χ4n) is 3.56. The number of hydrogen-bond acceptors (Lipinski definition) is 4. The van der Waals surface area contributed by atoms with Gasteiger partial charge in [0, 0.05) is 29.7 Å². The van der Waals surface area contributed by atoms with E-state index in [1.165, 1.54) is 22.2 Å². The Labute approximate surface area is 183 Å². The molecule has 0 aliphatic carbocycles. The summed E-state index contributed by atoms with van der Waals surface area (Å²) in [5, 5.41) is 16.9. The van der Waals surface area contributed by atoms with Crippen LogP contribution in [-0.4, -0.2) is 49.5 Å². The summed E-state index contributed by atoms with van der Waals surface area (Å²) < 4.78 is 10.9. The number of aromatic nitrogens is 1. The van der Waals surface area contributed by atoms with Crippen molar-refractivity contribution >= 4 is 16.9 Å². The fraction of sp³-hybridized carbons (Fsp3) is 0.375. The van der Waals surface area contributed by atoms with E-state index in [0.29, 0.717) is 18.0 Å². The van der Waals surface area contributed by atoms with E-state index in [0.717, 1.165) is 31.0 Å². The van der Waals surface area contributed by atoms with Crippen LogP contribution >= 0.6 is 0 Å². The quantitative estimate of drug-likeness (QED) is 0.297. The highest BCUT2D eigenvalue weighted by molar-refractivity contribution is 5.84. The summed E-state index contributed by atoms with van der Waals surface area (Å²) in [4.78, 5) is 8.16. The summed E-state index contributed by atoms with van der Waals surface area (Å²) in [7, 11) is 1.60. The zero-order valence-electron chi connectivity index (χ0n) is 18.5. The second kappa shape index (κ2) is 11.3. The Bertz CT molecular complexity index is 1010. The largest absolute Gasteiger partial charge is 0.493 e. The molecule has 0 radical (unpaired) electrons. The van der Waals surface area contributed by atoms with Crippen molar-refractivity contribution in [3.05, 3.63) is 59.3 Å². The third kappa shape index (κ3) is 5.92. The van der Waals surface area contributed by atoms with Crippen molar-refractivity contribution in [2.45, 2.75) is 26.8 Å². The second-order valence-electron chi connectivity index (χ2n) is 7.20. The number of aliphatic imine (C=N–C) groups is 1. The number of rotatable bonds is 10. The van der Waals surface area contributed by atoms with Crippen molar-refractivity contribution in [1.82, 2.24) is 15.6 Å². The van der Waals surface area contributed by atoms with E-state index in [9.17, 15) is 0 Å². The molecule has 0 saturated heterocycles. The van der Waals surface area contributed by atoms with Gasteiger partial charge in [-0.15, -0.1) is 0 Å². The van der Waals surface area contributed by atoms with Gasteiger partial charge in [-0.1, -0.05) is 24.3 Å². The van der Waals surface area contributed by atoms with E-state index in [1.54, 1.807) is 7.11 Å². The fourth-order valence-corrected chi connectivity index (χ4v) is 3.56. The molecular weight excluding hydrogens is 392 g/mol. The molecule has 7 heteroatoms. The summed E-state index contributed by atoms with van der Waals surface area (Å²) in [5.74, 6) is 2.02. The number of para-hydroxylation sites is 1. The SMILES string of the molecule is CCNC(=NCc1ccc(OCCO)c(OC)c1)NCCc1c(C)[nH]c2ccccc12. The van der Waals surface area contributed by atoms with Crippen molar-refractivity contribution in [2.75, 3.05) is 33.4 Å². The van der Waals surface area contributed by atoms with Crippen LogP contribution in [0.25, 0.3) is 10.9 Å². The summed E-state index contributed by atoms with van der Waals surface area (Å²) in [5.41, 5.74) is 4.73. The van der Waals surface area contributed by atoms with Crippen molar-refractivity contribution in [3.8, 4) is 11.5 Å². The molecule has 3 rings (SSSR count). The van der Waals surface area contributed by atoms with E-state index in [2.05, 4.69) is 53.7 Å². The van der Waals surface area contributed by atoms with Crippen molar-refractivity contribution in [3.63, 3.8) is 0 Å². The van der Waals surface area contributed by atoms with Crippen LogP contribution in [0.5, 0.6) is 11.5 Å². The Hall–Kier alpha value is -3.19. The third-order valence-corrected chi connectivity index (χ3v) is 5.04. The molecule has 0 aliphatic heterocycles. The molecule has 0 saturated carbocycles. The predicted molar refractivity (Wildman–Crippen MR) is 125 cm³/mol. The lowest BCUT2D eigenvalue weighted by Gasteiger charge is -2.13. The number of hydrogen-bond donors (Lipinski definition) is 4. The highest BCUT2D eigenvalue weighted by Crippen LogP contribution is 2.28. The van der Waals surface area contributed by atoms with Gasteiger partial charge in [0.2, 0.25) is 0 Å². The van der Waals surface area contributed by atoms with Crippen LogP contribution in [0.3, 0.4) is 0 Å². The molecule has 0 bridgehead atoms. The maximum Gasteiger partial charge on any atom is 0.191 e. The van der Waals surface area contributed by atoms with Crippen molar-refractivity contribution < 1.29 is 14.6 Å². The Morgan fingerprint density at radius 1 is 1.13 bits per heavy atom. The summed E-state index contributed by atoms with van der Waals surface area (Å²) in [6.07, 6.45) is 0.908. The summed E-state index contributed by atoms with van der Waals surface area (Å²) in [6, 6.07) is 14.1. The van der Waals surface area contributed by atoms with Gasteiger partial charge in [-0.3, -0.25) is 0 Å². The molecule has 0 unspecified atom stereocenters. The second-order valence-corrected chi connectivity index (χ2v) is 7.20. The molecule has 31 heavy (non-hydrogen) atoms. The molecule has 0 amide bonds. The van der Waals surface area contributed by atoms with E-state index in [-0.39, 0.29) is 13.2 Å². The smallest absolute Gasteiger partial charge is 0.191 e. The molecule has 7 nitrogen and oxygen atoms in total. The molecule has 2 aromatic carbocycles. The van der Waals surface area contributed by atoms with Crippen LogP contribution in [-0.2, 0) is 13.0 Å². The van der Waals surface area contributed by atoms with E-state index in [1.807, 2.05) is 18.2 Å². The number of benzene rings is 2. The molecule has 1 aromatic heterocycles. The highest BCUT2D eigenvalue weighted by Gasteiger charge is 2.09. The van der Waals surface area contributed by atoms with Gasteiger partial charge in [-0.05, 0) is 49.6 Å². The minimum Gasteiger partial charge on any atom is -0.493 e. The molecule has 0 spiro atoms. The van der Waals surface area contributed by atoms with Gasteiger partial charge < -0.3 is 30.2 Å². The maximum absolute atomic E-state index is 8.94. The number of H-pyrrole nitrogens is 1. The Kier molecular flexibility index (Phi) is 8.18. The average molecular weight is 425 g/mol. The molecule has 0 fully saturated rings. The highest BCUT2D eigenvalue weighted by atomic mass is 16.5. The number of aryl methyl sites for hydroxylation is 1. The molecule has 3 aromatic rings. The summed E-state index contributed by atoms with van der Waals surface area (Å²) in [6.45, 7) is 6.45. The number of fused-ring (bicyclic) bond motifs is 1. The first-order valence-corrected chi connectivity index (χ1v) is 10.6. The number of nitrogens with one attached hydrogen (secondary N) is 3. The van der Waals surface area contributed by atoms with Crippen LogP contribution in [0, 0.1) is 6.92 Å². The zero-order valence-corrected chi connectivity index (χ0v) is 18.5. The third-order valence-electron chi connectivity index (χ3n) is 5.04. The van der Waals surface area contributed by atoms with Crippen LogP contribution in [0.2, 0.25) is 0 Å². The van der Waals surface area contributed by atoms with Crippen molar-refractivity contribution in [2.24, 2.45) is 4.99 Å². The Morgan fingerprint density at radius 2 is 1.97 bits per heavy atom. The molecule has 4 N–H and O–H groups in total. The average Bonchev–Trinajstić information content (AvgIpc) is 3.11. The first kappa shape index (κ1) is 22.5. The predicted octanol–water partition coefficient (Wildman–Crippen LogP) is 3.15. The number of nitrogens with zero attached hydrogens (tertiary/aromatic N) is 1. The van der Waals surface area contributed by atoms with Crippen LogP contribution in [0.15, 0.2) is 47.5 Å². The lowest BCUT2D eigenvalue weighted by molar-refractivity contribution is 0.196. The number of ether oxygens (including phenoxy) is 2. The molecule has 166 valence electrons. The first-order chi connectivity index (χ1) is 15.2. The van der Waals surface area contributed by atoms with Gasteiger partial charge >= 0.3 is 0 Å². The molecule has 1 heterocycles. The minimum absolute atomic E-state index is 0.0367. The maximum atomic E-state index is 8.94. The molecular formula is C24H32N4O3. The lowest BCUT2D eigenvalue weighted by atomic mass is 10.1.